The van der Waals surface area contributed by atoms with E-state index < -0.39 is 38.6 Å². The molecule has 9 nitrogen and oxygen atoms in total. The van der Waals surface area contributed by atoms with Crippen LogP contribution in [0.1, 0.15) is 6.42 Å². The van der Waals surface area contributed by atoms with Crippen LogP contribution in [0.5, 0.6) is 17.2 Å². The quantitative estimate of drug-likeness (QED) is 0.484. The van der Waals surface area contributed by atoms with E-state index in [0.717, 1.165) is 6.07 Å². The Bertz CT molecular complexity index is 1050. The van der Waals surface area contributed by atoms with E-state index >= 15 is 0 Å². The van der Waals surface area contributed by atoms with E-state index in [-0.39, 0.29) is 32.9 Å². The fourth-order valence-corrected chi connectivity index (χ4v) is 3.61. The molecule has 3 N–H and O–H groups in total. The lowest BCUT2D eigenvalue weighted by atomic mass is 10.3. The van der Waals surface area contributed by atoms with Crippen LogP contribution in [0, 0.1) is 11.6 Å². The van der Waals surface area contributed by atoms with E-state index in [4.69, 9.17) is 14.2 Å². The van der Waals surface area contributed by atoms with Gasteiger partial charge in [0, 0.05) is 25.6 Å². The minimum Gasteiger partial charge on any atom is -0.491 e. The first-order chi connectivity index (χ1) is 14.7. The number of carbonyl (C=O) groups excluding carboxylic acids is 1. The predicted molar refractivity (Wildman–Crippen MR) is 103 cm³/mol. The highest BCUT2D eigenvalue weighted by Gasteiger charge is 2.17. The Morgan fingerprint density at radius 3 is 2.68 bits per heavy atom. The zero-order valence-electron chi connectivity index (χ0n) is 16.1. The Kier molecular flexibility index (Phi) is 7.25. The molecule has 0 aliphatic carbocycles. The monoisotopic (exact) mass is 458 g/mol. The summed E-state index contributed by atoms with van der Waals surface area (Å²) in [6.07, 6.45) is -1.23. The Balaban J connectivity index is 1.36. The number of nitrogens with one attached hydrogen (secondary N) is 2. The third-order valence-corrected chi connectivity index (χ3v) is 5.63. The molecule has 1 atom stereocenters. The lowest BCUT2D eigenvalue weighted by Gasteiger charge is -2.14. The van der Waals surface area contributed by atoms with Gasteiger partial charge in [0.1, 0.15) is 18.5 Å². The van der Waals surface area contributed by atoms with Gasteiger partial charge in [0.25, 0.3) is 0 Å². The highest BCUT2D eigenvalue weighted by molar-refractivity contribution is 7.89. The predicted octanol–water partition coefficient (Wildman–Crippen LogP) is 0.918. The highest BCUT2D eigenvalue weighted by atomic mass is 32.2. The molecule has 1 heterocycles. The van der Waals surface area contributed by atoms with Crippen LogP contribution >= 0.6 is 0 Å². The maximum absolute atomic E-state index is 13.2. The van der Waals surface area contributed by atoms with Gasteiger partial charge in [-0.3, -0.25) is 4.79 Å². The lowest BCUT2D eigenvalue weighted by Crippen LogP contribution is -2.37. The molecule has 1 aliphatic rings. The average Bonchev–Trinajstić information content (AvgIpc) is 3.20. The van der Waals surface area contributed by atoms with Crippen molar-refractivity contribution >= 4 is 15.9 Å². The lowest BCUT2D eigenvalue weighted by molar-refractivity contribution is -0.121. The van der Waals surface area contributed by atoms with E-state index in [1.807, 2.05) is 0 Å². The number of hydrogen-bond donors (Lipinski definition) is 3. The van der Waals surface area contributed by atoms with E-state index in [1.165, 1.54) is 0 Å². The zero-order chi connectivity index (χ0) is 22.4. The molecule has 2 aromatic rings. The molecule has 0 spiro atoms. The van der Waals surface area contributed by atoms with Crippen LogP contribution in [0.4, 0.5) is 8.78 Å². The van der Waals surface area contributed by atoms with Crippen molar-refractivity contribution < 1.29 is 41.3 Å². The average molecular weight is 458 g/mol. The molecule has 0 fully saturated rings. The number of carbonyl (C=O) groups is 1. The summed E-state index contributed by atoms with van der Waals surface area (Å²) in [5.41, 5.74) is 0. The van der Waals surface area contributed by atoms with E-state index in [0.29, 0.717) is 29.4 Å². The van der Waals surface area contributed by atoms with Crippen LogP contribution in [0.25, 0.3) is 0 Å². The minimum atomic E-state index is -4.10. The van der Waals surface area contributed by atoms with Crippen molar-refractivity contribution in [2.24, 2.45) is 0 Å². The number of aliphatic hydroxyl groups excluding tert-OH is 1. The third-order valence-electron chi connectivity index (χ3n) is 4.17. The molecule has 3 rings (SSSR count). The number of rotatable bonds is 10. The molecule has 0 saturated carbocycles. The van der Waals surface area contributed by atoms with Crippen molar-refractivity contribution in [3.05, 3.63) is 48.0 Å². The van der Waals surface area contributed by atoms with Gasteiger partial charge >= 0.3 is 0 Å². The van der Waals surface area contributed by atoms with Crippen molar-refractivity contribution in [2.45, 2.75) is 17.4 Å². The fraction of sp³-hybridized carbons (Fsp3) is 0.316. The molecular formula is C19H20F2N2O7S. The molecule has 2 aromatic carbocycles. The number of fused-ring (bicyclic) bond motifs is 1. The first kappa shape index (κ1) is 22.7. The molecule has 1 aliphatic heterocycles. The van der Waals surface area contributed by atoms with Crippen LogP contribution in [0.15, 0.2) is 41.3 Å². The molecule has 1 amide bonds. The highest BCUT2D eigenvalue weighted by Crippen LogP contribution is 2.35. The molecule has 168 valence electrons. The second kappa shape index (κ2) is 9.90. The van der Waals surface area contributed by atoms with Crippen LogP contribution < -0.4 is 24.2 Å². The van der Waals surface area contributed by atoms with Crippen molar-refractivity contribution in [3.8, 4) is 17.2 Å². The van der Waals surface area contributed by atoms with Gasteiger partial charge in [0.05, 0.1) is 4.90 Å². The van der Waals surface area contributed by atoms with Gasteiger partial charge in [-0.15, -0.1) is 0 Å². The Labute approximate surface area is 177 Å². The first-order valence-electron chi connectivity index (χ1n) is 9.16. The summed E-state index contributed by atoms with van der Waals surface area (Å²) < 4.78 is 68.1. The number of aliphatic hydroxyl groups is 1. The van der Waals surface area contributed by atoms with Gasteiger partial charge in [-0.1, -0.05) is 0 Å². The number of ether oxygens (including phenoxy) is 3. The number of amides is 1. The molecular weight excluding hydrogens is 438 g/mol. The molecule has 0 bridgehead atoms. The SMILES string of the molecule is O=C(CCNS(=O)(=O)c1ccc(F)c(F)c1)NCC(O)COc1ccc2c(c1)OCO2. The second-order valence-corrected chi connectivity index (χ2v) is 8.27. The van der Waals surface area contributed by atoms with E-state index in [2.05, 4.69) is 10.0 Å². The van der Waals surface area contributed by atoms with Crippen molar-refractivity contribution in [1.29, 1.82) is 0 Å². The van der Waals surface area contributed by atoms with Crippen molar-refractivity contribution in [2.75, 3.05) is 26.5 Å². The summed E-state index contributed by atoms with van der Waals surface area (Å²) in [4.78, 5) is 11.4. The summed E-state index contributed by atoms with van der Waals surface area (Å²) in [6.45, 7) is -0.344. The van der Waals surface area contributed by atoms with Gasteiger partial charge < -0.3 is 24.6 Å². The topological polar surface area (TPSA) is 123 Å². The standard InChI is InChI=1S/C19H20F2N2O7S/c20-15-3-2-14(8-16(15)21)31(26,27)23-6-5-19(25)22-9-12(24)10-28-13-1-4-17-18(7-13)30-11-29-17/h1-4,7-8,12,23-24H,5-6,9-11H2,(H,22,25). The Morgan fingerprint density at radius 2 is 1.90 bits per heavy atom. The summed E-state index contributed by atoms with van der Waals surface area (Å²) >= 11 is 0. The summed E-state index contributed by atoms with van der Waals surface area (Å²) in [6, 6.07) is 7.10. The minimum absolute atomic E-state index is 0.0946. The number of sulfonamides is 1. The largest absolute Gasteiger partial charge is 0.491 e. The van der Waals surface area contributed by atoms with Gasteiger partial charge in [-0.25, -0.2) is 21.9 Å². The smallest absolute Gasteiger partial charge is 0.240 e. The van der Waals surface area contributed by atoms with Crippen LogP contribution in [-0.2, 0) is 14.8 Å². The maximum Gasteiger partial charge on any atom is 0.240 e. The Hall–Kier alpha value is -2.96. The summed E-state index contributed by atoms with van der Waals surface area (Å²) in [5.74, 6) is -1.39. The van der Waals surface area contributed by atoms with Gasteiger partial charge in [-0.05, 0) is 30.3 Å². The second-order valence-electron chi connectivity index (χ2n) is 6.51. The zero-order valence-corrected chi connectivity index (χ0v) is 17.0. The maximum atomic E-state index is 13.2. The summed E-state index contributed by atoms with van der Waals surface area (Å²) in [7, 11) is -4.10. The van der Waals surface area contributed by atoms with Gasteiger partial charge in [0.15, 0.2) is 23.1 Å². The molecule has 0 saturated heterocycles. The molecule has 0 radical (unpaired) electrons. The van der Waals surface area contributed by atoms with Crippen molar-refractivity contribution in [1.82, 2.24) is 10.0 Å². The molecule has 1 unspecified atom stereocenters. The van der Waals surface area contributed by atoms with E-state index in [9.17, 15) is 27.1 Å². The van der Waals surface area contributed by atoms with E-state index in [1.54, 1.807) is 18.2 Å². The fourth-order valence-electron chi connectivity index (χ4n) is 2.56. The Morgan fingerprint density at radius 1 is 1.13 bits per heavy atom. The number of hydrogen-bond acceptors (Lipinski definition) is 7. The molecule has 31 heavy (non-hydrogen) atoms. The van der Waals surface area contributed by atoms with Gasteiger partial charge in [0.2, 0.25) is 22.7 Å². The number of benzene rings is 2. The molecule has 12 heteroatoms. The first-order valence-corrected chi connectivity index (χ1v) is 10.6. The van der Waals surface area contributed by atoms with Gasteiger partial charge in [-0.2, -0.15) is 0 Å². The van der Waals surface area contributed by atoms with Crippen LogP contribution in [0.2, 0.25) is 0 Å². The van der Waals surface area contributed by atoms with Crippen LogP contribution in [-0.4, -0.2) is 52.0 Å². The molecule has 0 aromatic heterocycles. The third kappa shape index (κ3) is 6.26. The van der Waals surface area contributed by atoms with Crippen molar-refractivity contribution in [3.63, 3.8) is 0 Å². The normalized spacial score (nSPS) is 13.6. The van der Waals surface area contributed by atoms with Crippen LogP contribution in [0.3, 0.4) is 0 Å². The number of halogens is 2. The summed E-state index contributed by atoms with van der Waals surface area (Å²) in [5, 5.41) is 12.4.